The fraction of sp³-hybridized carbons (Fsp3) is 0.923. The normalized spacial score (nSPS) is 25.3. The summed E-state index contributed by atoms with van der Waals surface area (Å²) in [6, 6.07) is 0.201. The van der Waals surface area contributed by atoms with Crippen LogP contribution in [0.4, 0.5) is 4.79 Å². The van der Waals surface area contributed by atoms with E-state index in [1.807, 2.05) is 0 Å². The average Bonchev–Trinajstić information content (AvgIpc) is 2.84. The summed E-state index contributed by atoms with van der Waals surface area (Å²) >= 11 is 0. The highest BCUT2D eigenvalue weighted by molar-refractivity contribution is 6.60. The molecule has 1 amide bonds. The third kappa shape index (κ3) is 10.1. The van der Waals surface area contributed by atoms with E-state index in [1.165, 1.54) is 6.42 Å². The summed E-state index contributed by atoms with van der Waals surface area (Å²) in [6.45, 7) is 10.2. The quantitative estimate of drug-likeness (QED) is 0.143. The van der Waals surface area contributed by atoms with Gasteiger partial charge >= 0.3 is 14.9 Å². The van der Waals surface area contributed by atoms with Gasteiger partial charge in [-0.3, -0.25) is 0 Å². The molecule has 1 saturated heterocycles. The van der Waals surface area contributed by atoms with Crippen molar-refractivity contribution in [2.24, 2.45) is 15.8 Å². The van der Waals surface area contributed by atoms with Crippen LogP contribution >= 0.6 is 0 Å². The summed E-state index contributed by atoms with van der Waals surface area (Å²) < 4.78 is 22.5. The molecule has 37 heavy (non-hydrogen) atoms. The van der Waals surface area contributed by atoms with Gasteiger partial charge in [0.2, 0.25) is 6.08 Å². The Bertz CT molecular complexity index is 746. The molecule has 0 spiro atoms. The molecule has 0 aromatic carbocycles. The van der Waals surface area contributed by atoms with Gasteiger partial charge in [-0.05, 0) is 62.4 Å². The van der Waals surface area contributed by atoms with Crippen molar-refractivity contribution >= 4 is 21.0 Å². The van der Waals surface area contributed by atoms with Crippen molar-refractivity contribution in [2.75, 3.05) is 60.7 Å². The summed E-state index contributed by atoms with van der Waals surface area (Å²) in [5.74, 6) is 0. The number of ether oxygens (including phenoxy) is 1. The molecule has 0 aromatic heterocycles. The number of piperidine rings is 1. The fourth-order valence-corrected chi connectivity index (χ4v) is 8.17. The number of carboxylic acid groups (broad SMARTS) is 1. The zero-order valence-electron chi connectivity index (χ0n) is 23.8. The first-order valence-corrected chi connectivity index (χ1v) is 15.5. The Kier molecular flexibility index (Phi) is 12.7. The fourth-order valence-electron chi connectivity index (χ4n) is 6.48. The molecule has 0 aromatic rings. The monoisotopic (exact) mass is 543 g/mol. The molecule has 1 heterocycles. The van der Waals surface area contributed by atoms with Gasteiger partial charge in [-0.15, -0.1) is 0 Å². The molecule has 2 rings (SSSR count). The minimum absolute atomic E-state index is 0.0402. The lowest BCUT2D eigenvalue weighted by molar-refractivity contribution is -0.000958. The number of aliphatic imine (C=N–C) groups is 1. The predicted molar refractivity (Wildman–Crippen MR) is 143 cm³/mol. The number of likely N-dealkylation sites (tertiary alicyclic amines) is 1. The van der Waals surface area contributed by atoms with Crippen LogP contribution in [0.5, 0.6) is 0 Å². The molecule has 2 aliphatic rings. The number of hydrogen-bond acceptors (Lipinski definition) is 8. The lowest BCUT2D eigenvalue weighted by atomic mass is 9.62. The Labute approximate surface area is 224 Å². The van der Waals surface area contributed by atoms with Crippen LogP contribution in [0.3, 0.4) is 0 Å². The summed E-state index contributed by atoms with van der Waals surface area (Å²) in [5, 5.41) is 10.3. The smallest absolute Gasteiger partial charge is 0.465 e. The lowest BCUT2D eigenvalue weighted by Gasteiger charge is -2.48. The molecule has 214 valence electrons. The molecule has 2 fully saturated rings. The first-order valence-electron chi connectivity index (χ1n) is 13.5. The van der Waals surface area contributed by atoms with Gasteiger partial charge in [-0.25, -0.2) is 14.6 Å². The van der Waals surface area contributed by atoms with E-state index in [0.717, 1.165) is 38.8 Å². The molecule has 0 bridgehead atoms. The number of rotatable bonds is 15. The molecule has 1 aliphatic carbocycles. The van der Waals surface area contributed by atoms with Crippen molar-refractivity contribution < 1.29 is 32.7 Å². The average molecular weight is 544 g/mol. The van der Waals surface area contributed by atoms with Gasteiger partial charge in [0.25, 0.3) is 0 Å². The van der Waals surface area contributed by atoms with Gasteiger partial charge in [-0.1, -0.05) is 27.2 Å². The molecule has 11 heteroatoms. The number of carbonyl (C=O) groups is 1. The Hall–Kier alpha value is -1.33. The second kappa shape index (κ2) is 14.7. The zero-order chi connectivity index (χ0) is 27.5. The summed E-state index contributed by atoms with van der Waals surface area (Å²) in [6.07, 6.45) is 7.32. The molecular weight excluding hydrogens is 494 g/mol. The third-order valence-electron chi connectivity index (χ3n) is 7.83. The Morgan fingerprint density at radius 2 is 1.78 bits per heavy atom. The van der Waals surface area contributed by atoms with Crippen molar-refractivity contribution in [3.63, 3.8) is 0 Å². The van der Waals surface area contributed by atoms with E-state index >= 15 is 0 Å². The second-order valence-electron chi connectivity index (χ2n) is 11.8. The van der Waals surface area contributed by atoms with Crippen LogP contribution in [-0.2, 0) is 22.8 Å². The van der Waals surface area contributed by atoms with Crippen LogP contribution in [0.15, 0.2) is 4.99 Å². The molecule has 1 saturated carbocycles. The van der Waals surface area contributed by atoms with E-state index in [-0.39, 0.29) is 22.9 Å². The van der Waals surface area contributed by atoms with E-state index in [0.29, 0.717) is 45.2 Å². The minimum Gasteiger partial charge on any atom is -0.465 e. The van der Waals surface area contributed by atoms with E-state index in [1.54, 1.807) is 32.3 Å². The summed E-state index contributed by atoms with van der Waals surface area (Å²) in [7, 11) is 2.12. The Morgan fingerprint density at radius 3 is 2.35 bits per heavy atom. The molecule has 1 aliphatic heterocycles. The number of hydrogen-bond donors (Lipinski definition) is 1. The highest BCUT2D eigenvalue weighted by Gasteiger charge is 2.44. The second-order valence-corrected chi connectivity index (χ2v) is 14.9. The third-order valence-corrected chi connectivity index (χ3v) is 10.7. The number of isocyanates is 1. The van der Waals surface area contributed by atoms with Crippen LogP contribution in [-0.4, -0.2) is 109 Å². The highest BCUT2D eigenvalue weighted by atomic mass is 28.4. The van der Waals surface area contributed by atoms with E-state index in [2.05, 4.69) is 30.7 Å². The van der Waals surface area contributed by atoms with Gasteiger partial charge in [0.15, 0.2) is 0 Å². The summed E-state index contributed by atoms with van der Waals surface area (Å²) in [4.78, 5) is 31.6. The van der Waals surface area contributed by atoms with Gasteiger partial charge in [-0.2, -0.15) is 0 Å². The number of carbonyl (C=O) groups excluding carboxylic acids is 1. The van der Waals surface area contributed by atoms with Crippen LogP contribution in [0.2, 0.25) is 6.04 Å². The van der Waals surface area contributed by atoms with E-state index in [9.17, 15) is 14.7 Å². The van der Waals surface area contributed by atoms with Crippen molar-refractivity contribution in [3.8, 4) is 0 Å². The van der Waals surface area contributed by atoms with Gasteiger partial charge in [0, 0.05) is 47.1 Å². The predicted octanol–water partition coefficient (Wildman–Crippen LogP) is 4.03. The van der Waals surface area contributed by atoms with Crippen LogP contribution in [0.1, 0.15) is 65.7 Å². The SMILES string of the molecule is CO[Si](CCCOCC(CN1CCCCC1)N(CC1(C)CC(N=C=O)CC(C)(C)C1)C(=O)O)(OC)OC. The lowest BCUT2D eigenvalue weighted by Crippen LogP contribution is -2.54. The van der Waals surface area contributed by atoms with Crippen molar-refractivity contribution in [1.29, 1.82) is 0 Å². The maximum Gasteiger partial charge on any atom is 0.500 e. The van der Waals surface area contributed by atoms with Crippen LogP contribution < -0.4 is 0 Å². The molecule has 1 N–H and O–H groups in total. The van der Waals surface area contributed by atoms with Gasteiger partial charge in [0.05, 0.1) is 18.7 Å². The van der Waals surface area contributed by atoms with Crippen molar-refractivity contribution in [1.82, 2.24) is 9.80 Å². The van der Waals surface area contributed by atoms with Crippen molar-refractivity contribution in [2.45, 2.75) is 83.8 Å². The molecule has 0 radical (unpaired) electrons. The van der Waals surface area contributed by atoms with Gasteiger partial charge in [0.1, 0.15) is 0 Å². The molecule has 3 atom stereocenters. The largest absolute Gasteiger partial charge is 0.500 e. The van der Waals surface area contributed by atoms with Gasteiger partial charge < -0.3 is 32.9 Å². The van der Waals surface area contributed by atoms with Crippen molar-refractivity contribution in [3.05, 3.63) is 0 Å². The first-order chi connectivity index (χ1) is 17.5. The maximum atomic E-state index is 12.6. The number of nitrogens with zero attached hydrogens (tertiary/aromatic N) is 3. The van der Waals surface area contributed by atoms with E-state index in [4.69, 9.17) is 18.0 Å². The van der Waals surface area contributed by atoms with Crippen LogP contribution in [0, 0.1) is 10.8 Å². The molecular formula is C26H49N3O7Si. The topological polar surface area (TPSA) is 110 Å². The highest BCUT2D eigenvalue weighted by Crippen LogP contribution is 2.47. The Morgan fingerprint density at radius 1 is 1.14 bits per heavy atom. The Balaban J connectivity index is 2.12. The van der Waals surface area contributed by atoms with Crippen LogP contribution in [0.25, 0.3) is 0 Å². The minimum atomic E-state index is -2.67. The molecule has 3 unspecified atom stereocenters. The first kappa shape index (κ1) is 31.9. The number of amides is 1. The standard InChI is InChI=1S/C26H49N3O7Si/c1-25(2)15-22(27-21-30)16-26(3,19-25)20-29(24(31)32)23(17-28-11-8-7-9-12-28)18-36-13-10-14-37(33-4,34-5)35-6/h22-23H,7-20H2,1-6H3,(H,31,32). The van der Waals surface area contributed by atoms with E-state index < -0.39 is 14.9 Å². The summed E-state index contributed by atoms with van der Waals surface area (Å²) in [5.41, 5.74) is -0.340. The maximum absolute atomic E-state index is 12.6. The zero-order valence-corrected chi connectivity index (χ0v) is 24.8. The molecule has 10 nitrogen and oxygen atoms in total.